The van der Waals surface area contributed by atoms with E-state index in [4.69, 9.17) is 22.1 Å². The van der Waals surface area contributed by atoms with Crippen LogP contribution in [0.5, 0.6) is 5.75 Å². The smallest absolute Gasteiger partial charge is 0.271 e. The standard InChI is InChI=1S/C14H14ClN3O2/c1-20-11-5-3-2-4-9(11)8-17-14(19)13-10(15)6-7-12(16)18-13/h2-7H,8H2,1H3,(H2,16,18)(H,17,19). The summed E-state index contributed by atoms with van der Waals surface area (Å²) in [6, 6.07) is 10.5. The van der Waals surface area contributed by atoms with Crippen molar-refractivity contribution in [1.29, 1.82) is 0 Å². The Morgan fingerprint density at radius 3 is 2.85 bits per heavy atom. The van der Waals surface area contributed by atoms with E-state index < -0.39 is 0 Å². The van der Waals surface area contributed by atoms with E-state index in [2.05, 4.69) is 10.3 Å². The molecule has 0 fully saturated rings. The van der Waals surface area contributed by atoms with E-state index in [0.29, 0.717) is 12.3 Å². The summed E-state index contributed by atoms with van der Waals surface area (Å²) < 4.78 is 5.21. The Balaban J connectivity index is 2.11. The van der Waals surface area contributed by atoms with Gasteiger partial charge >= 0.3 is 0 Å². The fourth-order valence-corrected chi connectivity index (χ4v) is 1.92. The van der Waals surface area contributed by atoms with E-state index in [1.54, 1.807) is 19.2 Å². The molecule has 1 heterocycles. The largest absolute Gasteiger partial charge is 0.496 e. The molecule has 0 aliphatic rings. The Hall–Kier alpha value is -2.27. The molecule has 1 aromatic heterocycles. The lowest BCUT2D eigenvalue weighted by Gasteiger charge is -2.10. The van der Waals surface area contributed by atoms with Gasteiger partial charge in [-0.2, -0.15) is 0 Å². The topological polar surface area (TPSA) is 77.2 Å². The van der Waals surface area contributed by atoms with Crippen molar-refractivity contribution in [1.82, 2.24) is 10.3 Å². The number of nitrogens with zero attached hydrogens (tertiary/aromatic N) is 1. The van der Waals surface area contributed by atoms with Gasteiger partial charge in [-0.05, 0) is 18.2 Å². The highest BCUT2D eigenvalue weighted by atomic mass is 35.5. The zero-order valence-electron chi connectivity index (χ0n) is 10.9. The minimum absolute atomic E-state index is 0.113. The zero-order chi connectivity index (χ0) is 14.5. The second-order valence-electron chi connectivity index (χ2n) is 4.06. The van der Waals surface area contributed by atoms with E-state index in [1.165, 1.54) is 0 Å². The third kappa shape index (κ3) is 3.19. The summed E-state index contributed by atoms with van der Waals surface area (Å²) in [6.07, 6.45) is 0. The first kappa shape index (κ1) is 14.1. The Bertz CT molecular complexity index is 632. The fourth-order valence-electron chi connectivity index (χ4n) is 1.72. The van der Waals surface area contributed by atoms with Crippen LogP contribution in [-0.4, -0.2) is 18.0 Å². The molecule has 0 saturated heterocycles. The van der Waals surface area contributed by atoms with Gasteiger partial charge in [0.2, 0.25) is 0 Å². The van der Waals surface area contributed by atoms with Crippen LogP contribution in [0.3, 0.4) is 0 Å². The van der Waals surface area contributed by atoms with Crippen molar-refractivity contribution in [2.45, 2.75) is 6.54 Å². The van der Waals surface area contributed by atoms with E-state index in [9.17, 15) is 4.79 Å². The van der Waals surface area contributed by atoms with E-state index in [1.807, 2.05) is 24.3 Å². The van der Waals surface area contributed by atoms with Crippen LogP contribution in [0, 0.1) is 0 Å². The summed E-state index contributed by atoms with van der Waals surface area (Å²) in [7, 11) is 1.58. The zero-order valence-corrected chi connectivity index (χ0v) is 11.6. The molecule has 2 rings (SSSR count). The number of halogens is 1. The molecule has 0 unspecified atom stereocenters. The molecule has 2 aromatic rings. The van der Waals surface area contributed by atoms with Crippen LogP contribution in [0.1, 0.15) is 16.1 Å². The number of methoxy groups -OCH3 is 1. The maximum absolute atomic E-state index is 12.0. The summed E-state index contributed by atoms with van der Waals surface area (Å²) in [4.78, 5) is 16.0. The molecule has 5 nitrogen and oxygen atoms in total. The highest BCUT2D eigenvalue weighted by Crippen LogP contribution is 2.18. The van der Waals surface area contributed by atoms with Gasteiger partial charge in [0.15, 0.2) is 0 Å². The number of nitrogens with two attached hydrogens (primary N) is 1. The maximum Gasteiger partial charge on any atom is 0.271 e. The second kappa shape index (κ2) is 6.25. The third-order valence-corrected chi connectivity index (χ3v) is 3.02. The molecule has 0 bridgehead atoms. The maximum atomic E-state index is 12.0. The number of nitrogens with one attached hydrogen (secondary N) is 1. The van der Waals surface area contributed by atoms with E-state index >= 15 is 0 Å². The van der Waals surface area contributed by atoms with Crippen LogP contribution in [-0.2, 0) is 6.54 Å². The Morgan fingerprint density at radius 1 is 1.35 bits per heavy atom. The number of carbonyl (C=O) groups excluding carboxylic acids is 1. The van der Waals surface area contributed by atoms with Gasteiger partial charge in [0, 0.05) is 12.1 Å². The first-order valence-electron chi connectivity index (χ1n) is 5.94. The summed E-state index contributed by atoms with van der Waals surface area (Å²) in [6.45, 7) is 0.315. The van der Waals surface area contributed by atoms with Crippen LogP contribution in [0.25, 0.3) is 0 Å². The number of pyridine rings is 1. The molecule has 20 heavy (non-hydrogen) atoms. The summed E-state index contributed by atoms with van der Waals surface area (Å²) in [5.41, 5.74) is 6.53. The van der Waals surface area contributed by atoms with Crippen molar-refractivity contribution < 1.29 is 9.53 Å². The summed E-state index contributed by atoms with van der Waals surface area (Å²) >= 11 is 5.93. The average Bonchev–Trinajstić information content (AvgIpc) is 2.47. The van der Waals surface area contributed by atoms with Crippen LogP contribution >= 0.6 is 11.6 Å². The van der Waals surface area contributed by atoms with Gasteiger partial charge in [0.1, 0.15) is 17.3 Å². The first-order valence-corrected chi connectivity index (χ1v) is 6.31. The molecular weight excluding hydrogens is 278 g/mol. The number of benzene rings is 1. The van der Waals surface area contributed by atoms with Crippen molar-refractivity contribution in [3.8, 4) is 5.75 Å². The number of nitrogen functional groups attached to an aromatic ring is 1. The quantitative estimate of drug-likeness (QED) is 0.906. The molecule has 104 valence electrons. The molecule has 6 heteroatoms. The normalized spacial score (nSPS) is 10.1. The first-order chi connectivity index (χ1) is 9.61. The lowest BCUT2D eigenvalue weighted by Crippen LogP contribution is -2.24. The highest BCUT2D eigenvalue weighted by Gasteiger charge is 2.13. The molecule has 1 amide bonds. The van der Waals surface area contributed by atoms with Gasteiger partial charge in [-0.1, -0.05) is 29.8 Å². The Labute approximate surface area is 121 Å². The molecular formula is C14H14ClN3O2. The number of para-hydroxylation sites is 1. The summed E-state index contributed by atoms with van der Waals surface area (Å²) in [5, 5.41) is 3.00. The molecule has 3 N–H and O–H groups in total. The number of aromatic nitrogens is 1. The molecule has 0 aliphatic carbocycles. The number of amides is 1. The number of hydrogen-bond donors (Lipinski definition) is 2. The monoisotopic (exact) mass is 291 g/mol. The van der Waals surface area contributed by atoms with Gasteiger partial charge in [-0.25, -0.2) is 4.98 Å². The molecule has 0 atom stereocenters. The van der Waals surface area contributed by atoms with Gasteiger partial charge in [0.05, 0.1) is 12.1 Å². The summed E-state index contributed by atoms with van der Waals surface area (Å²) in [5.74, 6) is 0.574. The number of ether oxygens (including phenoxy) is 1. The SMILES string of the molecule is COc1ccccc1CNC(=O)c1nc(N)ccc1Cl. The number of anilines is 1. The number of carbonyl (C=O) groups is 1. The van der Waals surface area contributed by atoms with Gasteiger partial charge in [-0.3, -0.25) is 4.79 Å². The van der Waals surface area contributed by atoms with Crippen molar-refractivity contribution in [3.63, 3.8) is 0 Å². The lowest BCUT2D eigenvalue weighted by atomic mass is 10.2. The van der Waals surface area contributed by atoms with E-state index in [0.717, 1.165) is 5.56 Å². The van der Waals surface area contributed by atoms with Crippen molar-refractivity contribution in [3.05, 3.63) is 52.7 Å². The predicted molar refractivity (Wildman–Crippen MR) is 77.8 cm³/mol. The molecule has 0 radical (unpaired) electrons. The fraction of sp³-hybridized carbons (Fsp3) is 0.143. The average molecular weight is 292 g/mol. The Kier molecular flexibility index (Phi) is 4.42. The van der Waals surface area contributed by atoms with Crippen molar-refractivity contribution in [2.75, 3.05) is 12.8 Å². The molecule has 0 aliphatic heterocycles. The number of hydrogen-bond acceptors (Lipinski definition) is 4. The van der Waals surface area contributed by atoms with Crippen LogP contribution in [0.2, 0.25) is 5.02 Å². The van der Waals surface area contributed by atoms with Crippen LogP contribution in [0.15, 0.2) is 36.4 Å². The lowest BCUT2D eigenvalue weighted by molar-refractivity contribution is 0.0946. The van der Waals surface area contributed by atoms with Crippen molar-refractivity contribution >= 4 is 23.3 Å². The van der Waals surface area contributed by atoms with Crippen molar-refractivity contribution in [2.24, 2.45) is 0 Å². The highest BCUT2D eigenvalue weighted by molar-refractivity contribution is 6.33. The van der Waals surface area contributed by atoms with Crippen LogP contribution in [0.4, 0.5) is 5.82 Å². The van der Waals surface area contributed by atoms with Crippen LogP contribution < -0.4 is 15.8 Å². The van der Waals surface area contributed by atoms with Gasteiger partial charge < -0.3 is 15.8 Å². The minimum atomic E-state index is -0.381. The van der Waals surface area contributed by atoms with E-state index in [-0.39, 0.29) is 22.4 Å². The second-order valence-corrected chi connectivity index (χ2v) is 4.47. The van der Waals surface area contributed by atoms with Gasteiger partial charge in [0.25, 0.3) is 5.91 Å². The number of rotatable bonds is 4. The Morgan fingerprint density at radius 2 is 2.10 bits per heavy atom. The molecule has 1 aromatic carbocycles. The molecule has 0 saturated carbocycles. The van der Waals surface area contributed by atoms with Gasteiger partial charge in [-0.15, -0.1) is 0 Å². The predicted octanol–water partition coefficient (Wildman–Crippen LogP) is 2.26. The third-order valence-electron chi connectivity index (χ3n) is 2.71. The molecule has 0 spiro atoms. The minimum Gasteiger partial charge on any atom is -0.496 e.